The van der Waals surface area contributed by atoms with Crippen molar-refractivity contribution in [3.05, 3.63) is 54.2 Å². The average molecular weight is 417 g/mol. The van der Waals surface area contributed by atoms with Crippen LogP contribution in [0.25, 0.3) is 10.8 Å². The molecule has 2 amide bonds. The summed E-state index contributed by atoms with van der Waals surface area (Å²) in [5.41, 5.74) is 1.81. The summed E-state index contributed by atoms with van der Waals surface area (Å²) in [7, 11) is 0. The molecule has 0 spiro atoms. The lowest BCUT2D eigenvalue weighted by Crippen LogP contribution is -2.50. The van der Waals surface area contributed by atoms with E-state index in [1.165, 1.54) is 18.2 Å². The molecule has 3 aromatic rings. The molecule has 0 aliphatic carbocycles. The molecule has 0 unspecified atom stereocenters. The summed E-state index contributed by atoms with van der Waals surface area (Å²) >= 11 is 0. The second kappa shape index (κ2) is 8.41. The van der Waals surface area contributed by atoms with Gasteiger partial charge in [0, 0.05) is 56.7 Å². The normalized spacial score (nSPS) is 16.7. The van der Waals surface area contributed by atoms with Gasteiger partial charge in [-0.3, -0.25) is 0 Å². The lowest BCUT2D eigenvalue weighted by molar-refractivity contribution is 0.208. The van der Waals surface area contributed by atoms with Crippen LogP contribution in [0.2, 0.25) is 0 Å². The largest absolute Gasteiger partial charge is 0.356 e. The molecule has 2 saturated heterocycles. The Labute approximate surface area is 182 Å². The van der Waals surface area contributed by atoms with E-state index in [0.29, 0.717) is 13.1 Å². The number of hydrogen-bond donors (Lipinski definition) is 1. The van der Waals surface area contributed by atoms with Crippen molar-refractivity contribution in [2.24, 2.45) is 0 Å². The summed E-state index contributed by atoms with van der Waals surface area (Å²) in [6.07, 6.45) is 2.45. The first kappa shape index (κ1) is 19.6. The summed E-state index contributed by atoms with van der Waals surface area (Å²) in [5.74, 6) is 1.80. The highest BCUT2D eigenvalue weighted by Crippen LogP contribution is 2.23. The molecule has 7 nitrogen and oxygen atoms in total. The number of benzene rings is 2. The number of anilines is 3. The van der Waals surface area contributed by atoms with Crippen LogP contribution in [0.5, 0.6) is 0 Å². The van der Waals surface area contributed by atoms with Crippen molar-refractivity contribution in [2.75, 3.05) is 54.4 Å². The number of amides is 2. The first-order valence-electron chi connectivity index (χ1n) is 11.1. The summed E-state index contributed by atoms with van der Waals surface area (Å²) in [4.78, 5) is 28.7. The van der Waals surface area contributed by atoms with Gasteiger partial charge in [0.1, 0.15) is 5.82 Å². The number of aromatic nitrogens is 2. The van der Waals surface area contributed by atoms with Gasteiger partial charge in [0.2, 0.25) is 5.95 Å². The van der Waals surface area contributed by atoms with Gasteiger partial charge in [0.15, 0.2) is 0 Å². The minimum absolute atomic E-state index is 0.0575. The van der Waals surface area contributed by atoms with Gasteiger partial charge < -0.3 is 20.0 Å². The molecule has 5 rings (SSSR count). The number of carbonyl (C=O) groups excluding carboxylic acids is 1. The van der Waals surface area contributed by atoms with Crippen LogP contribution in [0.15, 0.2) is 48.5 Å². The summed E-state index contributed by atoms with van der Waals surface area (Å²) in [6.45, 7) is 6.92. The molecule has 160 valence electrons. The Hall–Kier alpha value is -3.35. The first-order valence-corrected chi connectivity index (χ1v) is 11.1. The SMILES string of the molecule is Cc1cc(N2CCCC2)nc(N2CCN(C(=O)Nc3ccc4ccccc4c3)CC2)n1. The molecule has 1 aromatic heterocycles. The molecule has 7 heteroatoms. The van der Waals surface area contributed by atoms with E-state index in [1.807, 2.05) is 42.2 Å². The zero-order valence-electron chi connectivity index (χ0n) is 17.9. The quantitative estimate of drug-likeness (QED) is 0.702. The van der Waals surface area contributed by atoms with E-state index in [4.69, 9.17) is 4.98 Å². The maximum Gasteiger partial charge on any atom is 0.321 e. The monoisotopic (exact) mass is 416 g/mol. The van der Waals surface area contributed by atoms with Gasteiger partial charge in [-0.15, -0.1) is 0 Å². The highest BCUT2D eigenvalue weighted by molar-refractivity contribution is 5.93. The molecule has 2 fully saturated rings. The fourth-order valence-corrected chi connectivity index (χ4v) is 4.37. The molecule has 0 atom stereocenters. The third-order valence-corrected chi connectivity index (χ3v) is 6.11. The number of rotatable bonds is 3. The van der Waals surface area contributed by atoms with Crippen LogP contribution >= 0.6 is 0 Å². The van der Waals surface area contributed by atoms with Crippen molar-refractivity contribution < 1.29 is 4.79 Å². The van der Waals surface area contributed by atoms with Gasteiger partial charge >= 0.3 is 6.03 Å². The third-order valence-electron chi connectivity index (χ3n) is 6.11. The van der Waals surface area contributed by atoms with E-state index in [-0.39, 0.29) is 6.03 Å². The molecule has 2 aliphatic rings. The van der Waals surface area contributed by atoms with E-state index in [0.717, 1.165) is 54.7 Å². The Balaban J connectivity index is 1.22. The molecule has 2 aromatic carbocycles. The molecule has 3 heterocycles. The number of urea groups is 1. The number of piperazine rings is 1. The van der Waals surface area contributed by atoms with Crippen molar-refractivity contribution in [2.45, 2.75) is 19.8 Å². The molecule has 0 radical (unpaired) electrons. The molecule has 0 bridgehead atoms. The van der Waals surface area contributed by atoms with Crippen molar-refractivity contribution in [1.29, 1.82) is 0 Å². The molecule has 31 heavy (non-hydrogen) atoms. The highest BCUT2D eigenvalue weighted by atomic mass is 16.2. The zero-order chi connectivity index (χ0) is 21.2. The molecular formula is C24H28N6O. The van der Waals surface area contributed by atoms with Gasteiger partial charge in [-0.1, -0.05) is 30.3 Å². The Bertz CT molecular complexity index is 1090. The Morgan fingerprint density at radius 1 is 0.839 bits per heavy atom. The minimum atomic E-state index is -0.0575. The smallest absolute Gasteiger partial charge is 0.321 e. The van der Waals surface area contributed by atoms with Crippen LogP contribution in [-0.4, -0.2) is 60.2 Å². The Morgan fingerprint density at radius 3 is 2.35 bits per heavy atom. The number of fused-ring (bicyclic) bond motifs is 1. The van der Waals surface area contributed by atoms with Gasteiger partial charge in [-0.05, 0) is 42.7 Å². The predicted molar refractivity (Wildman–Crippen MR) is 125 cm³/mol. The maximum atomic E-state index is 12.8. The maximum absolute atomic E-state index is 12.8. The van der Waals surface area contributed by atoms with E-state index < -0.39 is 0 Å². The number of carbonyl (C=O) groups is 1. The molecular weight excluding hydrogens is 388 g/mol. The Kier molecular flexibility index (Phi) is 5.32. The van der Waals surface area contributed by atoms with Crippen LogP contribution in [0.1, 0.15) is 18.5 Å². The summed E-state index contributed by atoms with van der Waals surface area (Å²) in [6, 6.07) is 16.2. The number of aryl methyl sites for hydroxylation is 1. The van der Waals surface area contributed by atoms with Gasteiger partial charge in [0.25, 0.3) is 0 Å². The van der Waals surface area contributed by atoms with Crippen molar-refractivity contribution in [3.8, 4) is 0 Å². The highest BCUT2D eigenvalue weighted by Gasteiger charge is 2.24. The van der Waals surface area contributed by atoms with Crippen LogP contribution in [0, 0.1) is 6.92 Å². The van der Waals surface area contributed by atoms with Crippen LogP contribution in [0.3, 0.4) is 0 Å². The number of nitrogens with one attached hydrogen (secondary N) is 1. The van der Waals surface area contributed by atoms with Crippen molar-refractivity contribution in [3.63, 3.8) is 0 Å². The van der Waals surface area contributed by atoms with E-state index in [9.17, 15) is 4.79 Å². The standard InChI is InChI=1S/C24H28N6O/c1-18-16-22(28-10-4-5-11-28)27-23(25-18)29-12-14-30(15-13-29)24(31)26-21-9-8-19-6-2-3-7-20(19)17-21/h2-3,6-9,16-17H,4-5,10-15H2,1H3,(H,26,31). The summed E-state index contributed by atoms with van der Waals surface area (Å²) < 4.78 is 0. The van der Waals surface area contributed by atoms with Crippen LogP contribution < -0.4 is 15.1 Å². The minimum Gasteiger partial charge on any atom is -0.356 e. The molecule has 0 saturated carbocycles. The lowest BCUT2D eigenvalue weighted by atomic mass is 10.1. The number of hydrogen-bond acceptors (Lipinski definition) is 5. The number of nitrogens with zero attached hydrogens (tertiary/aromatic N) is 5. The third kappa shape index (κ3) is 4.26. The predicted octanol–water partition coefficient (Wildman–Crippen LogP) is 3.89. The van der Waals surface area contributed by atoms with Crippen molar-refractivity contribution >= 4 is 34.3 Å². The Morgan fingerprint density at radius 2 is 1.58 bits per heavy atom. The van der Waals surface area contributed by atoms with Crippen LogP contribution in [-0.2, 0) is 0 Å². The second-order valence-corrected chi connectivity index (χ2v) is 8.33. The average Bonchev–Trinajstić information content (AvgIpc) is 3.34. The summed E-state index contributed by atoms with van der Waals surface area (Å²) in [5, 5.41) is 5.33. The molecule has 2 aliphatic heterocycles. The topological polar surface area (TPSA) is 64.6 Å². The second-order valence-electron chi connectivity index (χ2n) is 8.33. The van der Waals surface area contributed by atoms with E-state index >= 15 is 0 Å². The van der Waals surface area contributed by atoms with E-state index in [1.54, 1.807) is 0 Å². The fourth-order valence-electron chi connectivity index (χ4n) is 4.37. The molecule has 1 N–H and O–H groups in total. The zero-order valence-corrected chi connectivity index (χ0v) is 17.9. The van der Waals surface area contributed by atoms with Gasteiger partial charge in [-0.25, -0.2) is 9.78 Å². The first-order chi connectivity index (χ1) is 15.2. The van der Waals surface area contributed by atoms with Crippen LogP contribution in [0.4, 0.5) is 22.2 Å². The van der Waals surface area contributed by atoms with Gasteiger partial charge in [0.05, 0.1) is 0 Å². The van der Waals surface area contributed by atoms with E-state index in [2.05, 4.69) is 38.3 Å². The van der Waals surface area contributed by atoms with Crippen molar-refractivity contribution in [1.82, 2.24) is 14.9 Å². The lowest BCUT2D eigenvalue weighted by Gasteiger charge is -2.35. The fraction of sp³-hybridized carbons (Fsp3) is 0.375. The van der Waals surface area contributed by atoms with Gasteiger partial charge in [-0.2, -0.15) is 4.98 Å².